The van der Waals surface area contributed by atoms with E-state index in [1.807, 2.05) is 60.0 Å². The molecular formula is C19H16N4O2. The number of imidazole rings is 1. The smallest absolute Gasteiger partial charge is 0.246 e. The van der Waals surface area contributed by atoms with Crippen LogP contribution in [0.5, 0.6) is 5.75 Å². The molecule has 124 valence electrons. The van der Waals surface area contributed by atoms with Gasteiger partial charge in [-0.15, -0.1) is 0 Å². The number of carbonyl (C=O) groups is 1. The number of ether oxygens (including phenoxy) is 1. The van der Waals surface area contributed by atoms with Gasteiger partial charge in [0.1, 0.15) is 5.75 Å². The summed E-state index contributed by atoms with van der Waals surface area (Å²) in [4.78, 5) is 16.9. The molecule has 6 nitrogen and oxygen atoms in total. The summed E-state index contributed by atoms with van der Waals surface area (Å²) >= 11 is 0. The van der Waals surface area contributed by atoms with Gasteiger partial charge in [0.25, 0.3) is 0 Å². The zero-order chi connectivity index (χ0) is 17.4. The molecule has 3 aromatic rings. The molecule has 0 aliphatic carbocycles. The number of hydrogen-bond acceptors (Lipinski definition) is 4. The second-order valence-electron chi connectivity index (χ2n) is 5.84. The van der Waals surface area contributed by atoms with Gasteiger partial charge in [-0.25, -0.2) is 4.98 Å². The summed E-state index contributed by atoms with van der Waals surface area (Å²) in [5, 5.41) is 12.4. The van der Waals surface area contributed by atoms with Crippen molar-refractivity contribution in [1.29, 1.82) is 5.26 Å². The van der Waals surface area contributed by atoms with Crippen LogP contribution in [-0.4, -0.2) is 22.1 Å². The van der Waals surface area contributed by atoms with E-state index in [4.69, 9.17) is 4.74 Å². The number of anilines is 1. The number of fused-ring (bicyclic) bond motifs is 3. The number of benzene rings is 2. The molecular weight excluding hydrogens is 316 g/mol. The second kappa shape index (κ2) is 5.95. The third kappa shape index (κ3) is 2.41. The molecule has 6 heteroatoms. The van der Waals surface area contributed by atoms with Crippen molar-refractivity contribution in [2.45, 2.75) is 13.0 Å². The van der Waals surface area contributed by atoms with Gasteiger partial charge in [0.15, 0.2) is 5.92 Å². The second-order valence-corrected chi connectivity index (χ2v) is 5.84. The maximum absolute atomic E-state index is 12.4. The normalized spacial score (nSPS) is 19.1. The molecule has 1 N–H and O–H groups in total. The lowest BCUT2D eigenvalue weighted by Gasteiger charge is -2.30. The molecule has 1 amide bonds. The molecule has 2 aromatic carbocycles. The fourth-order valence-electron chi connectivity index (χ4n) is 3.32. The first-order chi connectivity index (χ1) is 12.2. The van der Waals surface area contributed by atoms with E-state index in [2.05, 4.69) is 16.4 Å². The SMILES string of the molecule is CCOc1cccc([C@H]2[C@@H](C#N)C(=O)Nc3nc4ccccc4n32)c1. The lowest BCUT2D eigenvalue weighted by molar-refractivity contribution is -0.119. The maximum Gasteiger partial charge on any atom is 0.246 e. The molecule has 1 aliphatic rings. The van der Waals surface area contributed by atoms with Gasteiger partial charge in [0.2, 0.25) is 11.9 Å². The van der Waals surface area contributed by atoms with Crippen molar-refractivity contribution < 1.29 is 9.53 Å². The minimum absolute atomic E-state index is 0.336. The number of para-hydroxylation sites is 2. The molecule has 4 rings (SSSR count). The Hall–Kier alpha value is -3.33. The Bertz CT molecular complexity index is 1000. The van der Waals surface area contributed by atoms with Gasteiger partial charge >= 0.3 is 0 Å². The van der Waals surface area contributed by atoms with Crippen LogP contribution in [0, 0.1) is 17.2 Å². The number of hydrogen-bond donors (Lipinski definition) is 1. The predicted octanol–water partition coefficient (Wildman–Crippen LogP) is 3.12. The number of nitrogens with zero attached hydrogens (tertiary/aromatic N) is 3. The van der Waals surface area contributed by atoms with Crippen molar-refractivity contribution in [3.05, 3.63) is 54.1 Å². The van der Waals surface area contributed by atoms with Crippen molar-refractivity contribution in [3.63, 3.8) is 0 Å². The van der Waals surface area contributed by atoms with Crippen LogP contribution in [0.4, 0.5) is 5.95 Å². The molecule has 1 aromatic heterocycles. The van der Waals surface area contributed by atoms with E-state index in [9.17, 15) is 10.1 Å². The van der Waals surface area contributed by atoms with Crippen LogP contribution in [-0.2, 0) is 4.79 Å². The number of aromatic nitrogens is 2. The number of rotatable bonds is 3. The number of nitriles is 1. The van der Waals surface area contributed by atoms with Crippen LogP contribution in [0.25, 0.3) is 11.0 Å². The highest BCUT2D eigenvalue weighted by molar-refractivity contribution is 5.97. The third-order valence-electron chi connectivity index (χ3n) is 4.36. The lowest BCUT2D eigenvalue weighted by Crippen LogP contribution is -2.37. The molecule has 25 heavy (non-hydrogen) atoms. The van der Waals surface area contributed by atoms with E-state index in [-0.39, 0.29) is 5.91 Å². The first kappa shape index (κ1) is 15.2. The van der Waals surface area contributed by atoms with E-state index in [1.54, 1.807) is 0 Å². The fourth-order valence-corrected chi connectivity index (χ4v) is 3.32. The van der Waals surface area contributed by atoms with E-state index >= 15 is 0 Å². The summed E-state index contributed by atoms with van der Waals surface area (Å²) in [6, 6.07) is 16.9. The quantitative estimate of drug-likeness (QED) is 0.799. The van der Waals surface area contributed by atoms with Crippen molar-refractivity contribution in [3.8, 4) is 11.8 Å². The molecule has 0 fully saturated rings. The van der Waals surface area contributed by atoms with Crippen LogP contribution in [0.3, 0.4) is 0 Å². The van der Waals surface area contributed by atoms with Gasteiger partial charge in [-0.3, -0.25) is 10.1 Å². The van der Waals surface area contributed by atoms with Crippen molar-refractivity contribution >= 4 is 22.9 Å². The van der Waals surface area contributed by atoms with Crippen LogP contribution >= 0.6 is 0 Å². The van der Waals surface area contributed by atoms with E-state index in [1.165, 1.54) is 0 Å². The molecule has 2 heterocycles. The summed E-state index contributed by atoms with van der Waals surface area (Å²) in [5.41, 5.74) is 2.50. The highest BCUT2D eigenvalue weighted by Crippen LogP contribution is 2.38. The Morgan fingerprint density at radius 3 is 2.92 bits per heavy atom. The summed E-state index contributed by atoms with van der Waals surface area (Å²) in [5.74, 6) is -0.00254. The Morgan fingerprint density at radius 2 is 2.12 bits per heavy atom. The summed E-state index contributed by atoms with van der Waals surface area (Å²) in [6.07, 6.45) is 0. The zero-order valence-electron chi connectivity index (χ0n) is 13.6. The zero-order valence-corrected chi connectivity index (χ0v) is 13.6. The van der Waals surface area contributed by atoms with E-state index in [0.29, 0.717) is 18.3 Å². The molecule has 0 unspecified atom stereocenters. The van der Waals surface area contributed by atoms with Crippen LogP contribution < -0.4 is 10.1 Å². The molecule has 0 radical (unpaired) electrons. The summed E-state index contributed by atoms with van der Waals surface area (Å²) < 4.78 is 7.51. The average Bonchev–Trinajstić information content (AvgIpc) is 2.98. The predicted molar refractivity (Wildman–Crippen MR) is 93.2 cm³/mol. The van der Waals surface area contributed by atoms with Gasteiger partial charge in [0, 0.05) is 0 Å². The highest BCUT2D eigenvalue weighted by atomic mass is 16.5. The Morgan fingerprint density at radius 1 is 1.28 bits per heavy atom. The topological polar surface area (TPSA) is 79.9 Å². The first-order valence-corrected chi connectivity index (χ1v) is 8.13. The highest BCUT2D eigenvalue weighted by Gasteiger charge is 2.38. The van der Waals surface area contributed by atoms with Gasteiger partial charge < -0.3 is 9.30 Å². The Labute approximate surface area is 144 Å². The molecule has 2 atom stereocenters. The number of amides is 1. The van der Waals surface area contributed by atoms with Gasteiger partial charge in [0.05, 0.1) is 29.8 Å². The maximum atomic E-state index is 12.4. The lowest BCUT2D eigenvalue weighted by atomic mass is 9.91. The average molecular weight is 332 g/mol. The van der Waals surface area contributed by atoms with E-state index < -0.39 is 12.0 Å². The molecule has 0 saturated carbocycles. The fraction of sp³-hybridized carbons (Fsp3) is 0.211. The largest absolute Gasteiger partial charge is 0.494 e. The molecule has 0 bridgehead atoms. The van der Waals surface area contributed by atoms with Crippen molar-refractivity contribution in [2.75, 3.05) is 11.9 Å². The number of nitrogens with one attached hydrogen (secondary N) is 1. The molecule has 1 aliphatic heterocycles. The van der Waals surface area contributed by atoms with E-state index in [0.717, 1.165) is 16.6 Å². The van der Waals surface area contributed by atoms with Crippen LogP contribution in [0.1, 0.15) is 18.5 Å². The van der Waals surface area contributed by atoms with Gasteiger partial charge in [-0.2, -0.15) is 5.26 Å². The molecule has 0 spiro atoms. The Kier molecular flexibility index (Phi) is 3.62. The molecule has 0 saturated heterocycles. The minimum Gasteiger partial charge on any atom is -0.494 e. The van der Waals surface area contributed by atoms with Crippen LogP contribution in [0.15, 0.2) is 48.5 Å². The first-order valence-electron chi connectivity index (χ1n) is 8.13. The van der Waals surface area contributed by atoms with Gasteiger partial charge in [-0.1, -0.05) is 24.3 Å². The standard InChI is InChI=1S/C19H16N4O2/c1-2-25-13-7-5-6-12(10-13)17-14(11-20)18(24)22-19-21-15-8-3-4-9-16(15)23(17)19/h3-10,14,17H,2H2,1H3,(H,21,22,24)/t14-,17+/m1/s1. The summed E-state index contributed by atoms with van der Waals surface area (Å²) in [6.45, 7) is 2.47. The number of carbonyl (C=O) groups excluding carboxylic acids is 1. The minimum atomic E-state index is -0.845. The Balaban J connectivity index is 1.95. The summed E-state index contributed by atoms with van der Waals surface area (Å²) in [7, 11) is 0. The van der Waals surface area contributed by atoms with Crippen molar-refractivity contribution in [2.24, 2.45) is 5.92 Å². The third-order valence-corrected chi connectivity index (χ3v) is 4.36. The monoisotopic (exact) mass is 332 g/mol. The van der Waals surface area contributed by atoms with Crippen molar-refractivity contribution in [1.82, 2.24) is 9.55 Å². The van der Waals surface area contributed by atoms with Gasteiger partial charge in [-0.05, 0) is 36.8 Å². The van der Waals surface area contributed by atoms with Crippen LogP contribution in [0.2, 0.25) is 0 Å².